The fraction of sp³-hybridized carbons (Fsp3) is 0.500. The largest absolute Gasteiger partial charge is 0.101 e. The van der Waals surface area contributed by atoms with Crippen LogP contribution in [0.4, 0.5) is 0 Å². The molecule has 0 aliphatic rings. The first-order chi connectivity index (χ1) is 8.76. The third kappa shape index (κ3) is 5.92. The maximum atomic E-state index is 3.11. The number of hydrogen-bond donors (Lipinski definition) is 0. The Hall–Kier alpha value is -1.22. The smallest absolute Gasteiger partial charge is 0.0247 e. The van der Waals surface area contributed by atoms with Gasteiger partial charge in [0.25, 0.3) is 0 Å². The minimum atomic E-state index is 0.720. The van der Waals surface area contributed by atoms with Gasteiger partial charge in [-0.2, -0.15) is 0 Å². The van der Waals surface area contributed by atoms with Gasteiger partial charge in [0, 0.05) is 5.56 Å². The highest BCUT2D eigenvalue weighted by Crippen LogP contribution is 2.15. The lowest BCUT2D eigenvalue weighted by Gasteiger charge is -2.10. The average Bonchev–Trinajstić information content (AvgIpc) is 2.38. The van der Waals surface area contributed by atoms with Crippen LogP contribution in [0.5, 0.6) is 0 Å². The molecule has 0 heterocycles. The van der Waals surface area contributed by atoms with Gasteiger partial charge < -0.3 is 0 Å². The zero-order chi connectivity index (χ0) is 13.2. The van der Waals surface area contributed by atoms with E-state index >= 15 is 0 Å². The fourth-order valence-corrected chi connectivity index (χ4v) is 2.09. The van der Waals surface area contributed by atoms with Crippen LogP contribution in [-0.2, 0) is 6.42 Å². The molecule has 0 N–H and O–H groups in total. The molecule has 0 bridgehead atoms. The summed E-state index contributed by atoms with van der Waals surface area (Å²) in [6.07, 6.45) is 8.85. The fourth-order valence-electron chi connectivity index (χ4n) is 2.09. The molecule has 0 amide bonds. The van der Waals surface area contributed by atoms with Crippen LogP contribution in [0.3, 0.4) is 0 Å². The minimum Gasteiger partial charge on any atom is -0.101 e. The first kappa shape index (κ1) is 14.8. The van der Waals surface area contributed by atoms with E-state index in [2.05, 4.69) is 56.4 Å². The van der Waals surface area contributed by atoms with E-state index in [0.717, 1.165) is 17.9 Å². The van der Waals surface area contributed by atoms with Gasteiger partial charge in [0.05, 0.1) is 0 Å². The van der Waals surface area contributed by atoms with E-state index in [0.29, 0.717) is 0 Å². The van der Waals surface area contributed by atoms with Gasteiger partial charge in [-0.05, 0) is 43.4 Å². The van der Waals surface area contributed by atoms with Gasteiger partial charge >= 0.3 is 0 Å². The predicted molar refractivity (Wildman–Crippen MR) is 80.3 cm³/mol. The molecule has 0 aliphatic heterocycles. The molecule has 97 valence electrons. The van der Waals surface area contributed by atoms with E-state index < -0.39 is 0 Å². The quantitative estimate of drug-likeness (QED) is 0.464. The van der Waals surface area contributed by atoms with Crippen LogP contribution in [-0.4, -0.2) is 0 Å². The standard InChI is InChI=1S/C18H25/c1-4-6-7-10-16(3)13-14-18-12-8-11-17(15-18)9-5-2/h8,11-13,15-16H,4,6-7,10,14H2,1-3H3. The summed E-state index contributed by atoms with van der Waals surface area (Å²) in [5, 5.41) is 0. The van der Waals surface area contributed by atoms with Crippen molar-refractivity contribution < 1.29 is 0 Å². The van der Waals surface area contributed by atoms with E-state index in [1.165, 1.54) is 31.2 Å². The minimum absolute atomic E-state index is 0.720. The van der Waals surface area contributed by atoms with Crippen LogP contribution < -0.4 is 0 Å². The first-order valence-electron chi connectivity index (χ1n) is 7.11. The maximum absolute atomic E-state index is 3.11. The molecule has 0 saturated heterocycles. The van der Waals surface area contributed by atoms with Gasteiger partial charge in [-0.25, -0.2) is 0 Å². The summed E-state index contributed by atoms with van der Waals surface area (Å²) in [4.78, 5) is 0. The van der Waals surface area contributed by atoms with Gasteiger partial charge in [-0.1, -0.05) is 57.6 Å². The number of rotatable bonds is 7. The Morgan fingerprint density at radius 2 is 2.11 bits per heavy atom. The molecule has 18 heavy (non-hydrogen) atoms. The maximum Gasteiger partial charge on any atom is 0.0247 e. The first-order valence-corrected chi connectivity index (χ1v) is 7.11. The van der Waals surface area contributed by atoms with Crippen LogP contribution >= 0.6 is 0 Å². The second-order valence-corrected chi connectivity index (χ2v) is 4.99. The summed E-state index contributed by atoms with van der Waals surface area (Å²) in [6, 6.07) is 8.57. The molecule has 1 rings (SSSR count). The molecule has 0 heteroatoms. The van der Waals surface area contributed by atoms with Gasteiger partial charge in [0.15, 0.2) is 0 Å². The van der Waals surface area contributed by atoms with Gasteiger partial charge in [0.2, 0.25) is 0 Å². The molecule has 1 unspecified atom stereocenters. The molecule has 0 saturated carbocycles. The van der Waals surface area contributed by atoms with Crippen molar-refractivity contribution in [1.82, 2.24) is 0 Å². The normalized spacial score (nSPS) is 11.7. The Morgan fingerprint density at radius 3 is 2.83 bits per heavy atom. The van der Waals surface area contributed by atoms with Crippen molar-refractivity contribution in [3.05, 3.63) is 41.8 Å². The van der Waals surface area contributed by atoms with E-state index in [4.69, 9.17) is 0 Å². The topological polar surface area (TPSA) is 0 Å². The van der Waals surface area contributed by atoms with Crippen molar-refractivity contribution in [1.29, 1.82) is 0 Å². The second-order valence-electron chi connectivity index (χ2n) is 4.99. The lowest BCUT2D eigenvalue weighted by atomic mass is 9.95. The molecule has 0 spiro atoms. The Kier molecular flexibility index (Phi) is 7.26. The molecule has 0 fully saturated rings. The zero-order valence-electron chi connectivity index (χ0n) is 12.0. The molecule has 0 aromatic heterocycles. The number of benzene rings is 1. The number of unbranched alkanes of at least 4 members (excludes halogenated alkanes) is 2. The summed E-state index contributed by atoms with van der Waals surface area (Å²) < 4.78 is 0. The van der Waals surface area contributed by atoms with Crippen LogP contribution in [0.1, 0.15) is 57.6 Å². The molecular weight excluding hydrogens is 216 g/mol. The summed E-state index contributed by atoms with van der Waals surface area (Å²) >= 11 is 0. The molecule has 1 aromatic carbocycles. The monoisotopic (exact) mass is 241 g/mol. The molecule has 0 nitrogen and oxygen atoms in total. The predicted octanol–water partition coefficient (Wildman–Crippen LogP) is 5.02. The van der Waals surface area contributed by atoms with Crippen molar-refractivity contribution in [2.24, 2.45) is 5.92 Å². The highest BCUT2D eigenvalue weighted by Gasteiger charge is 2.03. The van der Waals surface area contributed by atoms with Crippen molar-refractivity contribution >= 4 is 0 Å². The molecular formula is C18H25. The lowest BCUT2D eigenvalue weighted by Crippen LogP contribution is -1.99. The summed E-state index contributed by atoms with van der Waals surface area (Å²) in [6.45, 7) is 6.47. The van der Waals surface area contributed by atoms with E-state index in [-0.39, 0.29) is 0 Å². The van der Waals surface area contributed by atoms with Crippen molar-refractivity contribution in [2.45, 2.75) is 52.9 Å². The lowest BCUT2D eigenvalue weighted by molar-refractivity contribution is 0.541. The van der Waals surface area contributed by atoms with Crippen LogP contribution in [0.15, 0.2) is 24.3 Å². The van der Waals surface area contributed by atoms with Crippen LogP contribution in [0.2, 0.25) is 0 Å². The molecule has 0 aliphatic carbocycles. The highest BCUT2D eigenvalue weighted by atomic mass is 14.1. The summed E-state index contributed by atoms with van der Waals surface area (Å²) in [7, 11) is 0. The Balaban J connectivity index is 2.37. The van der Waals surface area contributed by atoms with Crippen LogP contribution in [0, 0.1) is 24.2 Å². The zero-order valence-corrected chi connectivity index (χ0v) is 12.0. The third-order valence-electron chi connectivity index (χ3n) is 3.22. The Labute approximate surface area is 113 Å². The van der Waals surface area contributed by atoms with Crippen LogP contribution in [0.25, 0.3) is 0 Å². The van der Waals surface area contributed by atoms with Crippen molar-refractivity contribution in [3.8, 4) is 11.8 Å². The summed E-state index contributed by atoms with van der Waals surface area (Å²) in [5.74, 6) is 6.78. The molecule has 1 atom stereocenters. The van der Waals surface area contributed by atoms with Crippen molar-refractivity contribution in [3.63, 3.8) is 0 Å². The Morgan fingerprint density at radius 1 is 1.28 bits per heavy atom. The SMILES string of the molecule is CC#Cc1cccc(C[CH]C(C)CCCCC)c1. The molecule has 1 radical (unpaired) electrons. The summed E-state index contributed by atoms with van der Waals surface area (Å²) in [5.41, 5.74) is 2.50. The van der Waals surface area contributed by atoms with E-state index in [9.17, 15) is 0 Å². The number of hydrogen-bond acceptors (Lipinski definition) is 0. The average molecular weight is 241 g/mol. The van der Waals surface area contributed by atoms with Gasteiger partial charge in [-0.15, -0.1) is 5.92 Å². The van der Waals surface area contributed by atoms with E-state index in [1.54, 1.807) is 0 Å². The van der Waals surface area contributed by atoms with Gasteiger partial charge in [-0.3, -0.25) is 0 Å². The second kappa shape index (κ2) is 8.81. The van der Waals surface area contributed by atoms with Gasteiger partial charge in [0.1, 0.15) is 0 Å². The Bertz CT molecular complexity index is 392. The van der Waals surface area contributed by atoms with E-state index in [1.807, 2.05) is 6.92 Å². The van der Waals surface area contributed by atoms with Crippen molar-refractivity contribution in [2.75, 3.05) is 0 Å². The molecule has 1 aromatic rings. The third-order valence-corrected chi connectivity index (χ3v) is 3.22. The highest BCUT2D eigenvalue weighted by molar-refractivity contribution is 5.37.